The highest BCUT2D eigenvalue weighted by Gasteiger charge is 2.31. The molecular weight excluding hydrogens is 629 g/mol. The van der Waals surface area contributed by atoms with Crippen molar-refractivity contribution in [1.29, 1.82) is 0 Å². The summed E-state index contributed by atoms with van der Waals surface area (Å²) in [4.78, 5) is 31.4. The van der Waals surface area contributed by atoms with E-state index >= 15 is 0 Å². The quantitative estimate of drug-likeness (QED) is 0.105. The van der Waals surface area contributed by atoms with Crippen molar-refractivity contribution in [3.8, 4) is 22.8 Å². The number of rotatable bonds is 10. The molecule has 0 atom stereocenters. The number of nitrogens with zero attached hydrogens (tertiary/aromatic N) is 4. The molecule has 2 amide bonds. The molecular formula is C32H32F5N5O3S. The summed E-state index contributed by atoms with van der Waals surface area (Å²) in [7, 11) is 0. The zero-order valence-corrected chi connectivity index (χ0v) is 26.0. The number of Topliss-reactive ketones (excluding diaryl/α,β-unsaturated/α-hetero) is 1. The van der Waals surface area contributed by atoms with Gasteiger partial charge in [0.1, 0.15) is 17.9 Å². The van der Waals surface area contributed by atoms with Gasteiger partial charge in [-0.2, -0.15) is 4.99 Å². The van der Waals surface area contributed by atoms with E-state index in [0.29, 0.717) is 47.3 Å². The number of carbonyl (C=O) groups excluding carboxylic acids is 2. The minimum Gasteiger partial charge on any atom is -0.406 e. The van der Waals surface area contributed by atoms with Gasteiger partial charge in [-0.25, -0.2) is 23.2 Å². The normalized spacial score (nSPS) is 11.5. The van der Waals surface area contributed by atoms with Crippen molar-refractivity contribution < 1.29 is 36.3 Å². The second kappa shape index (κ2) is 17.2. The molecule has 0 aliphatic rings. The molecule has 0 unspecified atom stereocenters. The number of carbonyl (C=O) groups is 2. The molecule has 8 nitrogen and oxygen atoms in total. The average molecular weight is 662 g/mol. The van der Waals surface area contributed by atoms with E-state index in [4.69, 9.17) is 0 Å². The van der Waals surface area contributed by atoms with Gasteiger partial charge < -0.3 is 10.1 Å². The van der Waals surface area contributed by atoms with Gasteiger partial charge in [-0.3, -0.25) is 4.79 Å². The first kappa shape index (κ1) is 35.9. The Bertz CT molecular complexity index is 1610. The number of thioether (sulfide) groups is 1. The van der Waals surface area contributed by atoms with Crippen molar-refractivity contribution in [3.05, 3.63) is 95.8 Å². The largest absolute Gasteiger partial charge is 0.573 e. The Morgan fingerprint density at radius 3 is 2.28 bits per heavy atom. The van der Waals surface area contributed by atoms with Crippen LogP contribution in [0.2, 0.25) is 0 Å². The van der Waals surface area contributed by atoms with Crippen LogP contribution in [0.3, 0.4) is 0 Å². The summed E-state index contributed by atoms with van der Waals surface area (Å²) in [5.41, 5.74) is 3.06. The predicted octanol–water partition coefficient (Wildman–Crippen LogP) is 8.15. The Balaban J connectivity index is 0.000000489. The van der Waals surface area contributed by atoms with Gasteiger partial charge in [0.05, 0.1) is 16.5 Å². The van der Waals surface area contributed by atoms with E-state index in [0.717, 1.165) is 11.1 Å². The lowest BCUT2D eigenvalue weighted by Gasteiger charge is -2.09. The minimum absolute atomic E-state index is 0.106. The number of ketones is 1. The zero-order chi connectivity index (χ0) is 33.7. The molecule has 14 heteroatoms. The molecule has 0 saturated carbocycles. The van der Waals surface area contributed by atoms with Gasteiger partial charge >= 0.3 is 12.4 Å². The van der Waals surface area contributed by atoms with Crippen molar-refractivity contribution in [2.24, 2.45) is 4.99 Å². The third-order valence-corrected chi connectivity index (χ3v) is 7.22. The van der Waals surface area contributed by atoms with Crippen LogP contribution < -0.4 is 10.1 Å². The van der Waals surface area contributed by atoms with Crippen molar-refractivity contribution >= 4 is 28.6 Å². The lowest BCUT2D eigenvalue weighted by molar-refractivity contribution is -0.274. The van der Waals surface area contributed by atoms with Gasteiger partial charge in [-0.1, -0.05) is 55.5 Å². The van der Waals surface area contributed by atoms with E-state index in [2.05, 4.69) is 25.1 Å². The Labute approximate surface area is 267 Å². The fraction of sp³-hybridized carbons (Fsp3) is 0.281. The molecule has 3 aromatic carbocycles. The number of hydrogen-bond acceptors (Lipinski definition) is 6. The topological polar surface area (TPSA) is 98.5 Å². The van der Waals surface area contributed by atoms with Crippen LogP contribution in [0.1, 0.15) is 43.4 Å². The third-order valence-electron chi connectivity index (χ3n) is 6.25. The monoisotopic (exact) mass is 661 g/mol. The number of aromatic nitrogens is 3. The average Bonchev–Trinajstić information content (AvgIpc) is 3.50. The molecule has 244 valence electrons. The molecule has 4 aromatic rings. The maximum Gasteiger partial charge on any atom is 0.573 e. The van der Waals surface area contributed by atoms with Crippen LogP contribution in [0.5, 0.6) is 5.75 Å². The van der Waals surface area contributed by atoms with Crippen LogP contribution in [0.15, 0.2) is 84.1 Å². The summed E-state index contributed by atoms with van der Waals surface area (Å²) in [6, 6.07) is 18.8. The summed E-state index contributed by atoms with van der Waals surface area (Å²) in [6.07, 6.45) is -4.57. The van der Waals surface area contributed by atoms with E-state index in [9.17, 15) is 31.5 Å². The summed E-state index contributed by atoms with van der Waals surface area (Å²) >= 11 is 1.25. The zero-order valence-electron chi connectivity index (χ0n) is 25.2. The highest BCUT2D eigenvalue weighted by atomic mass is 32.2. The number of benzene rings is 3. The Kier molecular flexibility index (Phi) is 13.4. The molecule has 0 bridgehead atoms. The van der Waals surface area contributed by atoms with Crippen molar-refractivity contribution in [3.63, 3.8) is 0 Å². The van der Waals surface area contributed by atoms with Crippen LogP contribution in [0, 0.1) is 6.92 Å². The van der Waals surface area contributed by atoms with Crippen LogP contribution in [-0.4, -0.2) is 50.3 Å². The number of aryl methyl sites for hydroxylation is 1. The number of ether oxygens (including phenoxy) is 1. The smallest absolute Gasteiger partial charge is 0.406 e. The molecule has 0 radical (unpaired) electrons. The Morgan fingerprint density at radius 2 is 1.70 bits per heavy atom. The molecule has 1 aromatic heterocycles. The lowest BCUT2D eigenvalue weighted by Crippen LogP contribution is -2.23. The van der Waals surface area contributed by atoms with Gasteiger partial charge in [0.25, 0.3) is 6.43 Å². The van der Waals surface area contributed by atoms with Crippen LogP contribution in [-0.2, 0) is 11.2 Å². The van der Waals surface area contributed by atoms with Crippen molar-refractivity contribution in [1.82, 2.24) is 20.1 Å². The molecule has 0 aliphatic heterocycles. The standard InChI is InChI=1S/C24H24F3N5O3S.C8H8F2/c1-3-20(33)14-36-16(2)30-23(34)28-13-12-17-4-6-18(7-5-17)22-29-15-32(31-22)19-8-10-21(11-9-19)35-24(25,26)27;1-6-4-2-3-5-7(6)8(9)10/h4-11,15H,3,12-14H2,1-2H3,(H,28,34);2-5,8H,1H3/b30-16-;. The van der Waals surface area contributed by atoms with Crippen molar-refractivity contribution in [2.75, 3.05) is 12.3 Å². The number of alkyl halides is 5. The first-order valence-electron chi connectivity index (χ1n) is 14.0. The number of amides is 2. The van der Waals surface area contributed by atoms with Crippen molar-refractivity contribution in [2.45, 2.75) is 46.4 Å². The maximum absolute atomic E-state index is 12.3. The maximum atomic E-state index is 12.3. The van der Waals surface area contributed by atoms with Gasteiger partial charge in [0, 0.05) is 24.1 Å². The Morgan fingerprint density at radius 1 is 1.02 bits per heavy atom. The fourth-order valence-corrected chi connectivity index (χ4v) is 4.51. The van der Waals surface area contributed by atoms with E-state index in [-0.39, 0.29) is 17.1 Å². The summed E-state index contributed by atoms with van der Waals surface area (Å²) in [5.74, 6) is 0.549. The SMILES string of the molecule is CCC(=O)CS/C(C)=N\C(=O)NCCc1ccc(-c2ncn(-c3ccc(OC(F)(F)F)cc3)n2)cc1.Cc1ccccc1C(F)F. The van der Waals surface area contributed by atoms with Gasteiger partial charge in [-0.15, -0.1) is 30.0 Å². The predicted molar refractivity (Wildman–Crippen MR) is 168 cm³/mol. The second-order valence-electron chi connectivity index (χ2n) is 9.70. The summed E-state index contributed by atoms with van der Waals surface area (Å²) in [5, 5.41) is 7.64. The molecule has 4 rings (SSSR count). The fourth-order valence-electron chi connectivity index (χ4n) is 3.79. The number of hydrogen-bond donors (Lipinski definition) is 1. The molecule has 0 saturated heterocycles. The van der Waals surface area contributed by atoms with Gasteiger partial charge in [-0.05, 0) is 55.7 Å². The third kappa shape index (κ3) is 12.1. The molecule has 0 aliphatic carbocycles. The minimum atomic E-state index is -4.75. The number of halogens is 5. The van der Waals surface area contributed by atoms with Crippen LogP contribution in [0.4, 0.5) is 26.7 Å². The number of aliphatic imine (C=N–C) groups is 1. The molecule has 1 heterocycles. The van der Waals surface area contributed by atoms with Crippen LogP contribution >= 0.6 is 11.8 Å². The molecule has 0 spiro atoms. The van der Waals surface area contributed by atoms with E-state index in [1.54, 1.807) is 39.0 Å². The highest BCUT2D eigenvalue weighted by Crippen LogP contribution is 2.24. The number of urea groups is 1. The molecule has 1 N–H and O–H groups in total. The number of nitrogens with one attached hydrogen (secondary N) is 1. The molecule has 46 heavy (non-hydrogen) atoms. The van der Waals surface area contributed by atoms with Gasteiger partial charge in [0.15, 0.2) is 5.82 Å². The van der Waals surface area contributed by atoms with Crippen LogP contribution in [0.25, 0.3) is 17.1 Å². The highest BCUT2D eigenvalue weighted by molar-refractivity contribution is 8.14. The first-order valence-corrected chi connectivity index (χ1v) is 15.0. The van der Waals surface area contributed by atoms with E-state index < -0.39 is 18.8 Å². The van der Waals surface area contributed by atoms with E-state index in [1.165, 1.54) is 53.1 Å². The summed E-state index contributed by atoms with van der Waals surface area (Å²) in [6.45, 7) is 5.56. The summed E-state index contributed by atoms with van der Waals surface area (Å²) < 4.78 is 66.3. The van der Waals surface area contributed by atoms with E-state index in [1.807, 2.05) is 24.3 Å². The first-order chi connectivity index (χ1) is 21.8. The Hall–Kier alpha value is -4.59. The lowest BCUT2D eigenvalue weighted by atomic mass is 10.1. The second-order valence-corrected chi connectivity index (χ2v) is 10.9. The molecule has 0 fully saturated rings. The van der Waals surface area contributed by atoms with Gasteiger partial charge in [0.2, 0.25) is 0 Å².